The molecule has 0 radical (unpaired) electrons. The van der Waals surface area contributed by atoms with E-state index in [0.717, 1.165) is 17.2 Å². The minimum Gasteiger partial charge on any atom is -0.493 e. The van der Waals surface area contributed by atoms with Gasteiger partial charge in [0.1, 0.15) is 11.5 Å². The van der Waals surface area contributed by atoms with Gasteiger partial charge in [-0.1, -0.05) is 56.3 Å². The van der Waals surface area contributed by atoms with Crippen LogP contribution < -0.4 is 20.3 Å². The first kappa shape index (κ1) is 22.2. The average Bonchev–Trinajstić information content (AvgIpc) is 2.77. The van der Waals surface area contributed by atoms with Gasteiger partial charge >= 0.3 is 0 Å². The molecule has 0 unspecified atom stereocenters. The maximum Gasteiger partial charge on any atom is 0.279 e. The van der Waals surface area contributed by atoms with Crippen LogP contribution in [-0.4, -0.2) is 24.5 Å². The fourth-order valence-corrected chi connectivity index (χ4v) is 2.97. The molecule has 0 saturated heterocycles. The Morgan fingerprint density at radius 3 is 2.35 bits per heavy atom. The molecule has 0 aliphatic carbocycles. The van der Waals surface area contributed by atoms with E-state index in [1.165, 1.54) is 0 Å². The normalized spacial score (nSPS) is 11.7. The molecule has 3 aromatic carbocycles. The second-order valence-electron chi connectivity index (χ2n) is 7.74. The quantitative estimate of drug-likeness (QED) is 0.527. The molecule has 0 fully saturated rings. The first-order valence-corrected chi connectivity index (χ1v) is 10.4. The van der Waals surface area contributed by atoms with Crippen LogP contribution in [0.25, 0.3) is 10.8 Å². The third-order valence-corrected chi connectivity index (χ3v) is 4.79. The topological polar surface area (TPSA) is 76.7 Å². The van der Waals surface area contributed by atoms with Crippen LogP contribution in [-0.2, 0) is 4.79 Å². The molecule has 0 saturated carbocycles. The molecule has 0 heterocycles. The highest BCUT2D eigenvalue weighted by Gasteiger charge is 2.18. The van der Waals surface area contributed by atoms with E-state index < -0.39 is 17.9 Å². The monoisotopic (exact) mass is 420 g/mol. The molecule has 162 valence electrons. The van der Waals surface area contributed by atoms with E-state index in [9.17, 15) is 9.59 Å². The molecule has 0 spiro atoms. The highest BCUT2D eigenvalue weighted by molar-refractivity contribution is 5.98. The third kappa shape index (κ3) is 6.22. The van der Waals surface area contributed by atoms with Crippen molar-refractivity contribution in [2.24, 2.45) is 5.92 Å². The molecule has 6 nitrogen and oxygen atoms in total. The summed E-state index contributed by atoms with van der Waals surface area (Å²) in [5, 5.41) is 2.11. The molecule has 6 heteroatoms. The van der Waals surface area contributed by atoms with Gasteiger partial charge in [0.05, 0.1) is 12.2 Å². The van der Waals surface area contributed by atoms with Gasteiger partial charge in [0.15, 0.2) is 6.10 Å². The number of benzene rings is 3. The number of amides is 2. The van der Waals surface area contributed by atoms with E-state index in [4.69, 9.17) is 9.47 Å². The molecule has 2 N–H and O–H groups in total. The second kappa shape index (κ2) is 10.5. The van der Waals surface area contributed by atoms with E-state index in [0.29, 0.717) is 29.6 Å². The second-order valence-corrected chi connectivity index (χ2v) is 7.74. The summed E-state index contributed by atoms with van der Waals surface area (Å²) in [7, 11) is 0. The minimum atomic E-state index is -0.793. The van der Waals surface area contributed by atoms with Gasteiger partial charge in [-0.15, -0.1) is 0 Å². The van der Waals surface area contributed by atoms with E-state index >= 15 is 0 Å². The number of nitrogens with one attached hydrogen (secondary N) is 2. The number of fused-ring (bicyclic) bond motifs is 1. The Labute approximate surface area is 182 Å². The number of carbonyl (C=O) groups is 2. The molecule has 0 aliphatic heterocycles. The molecule has 2 amide bonds. The van der Waals surface area contributed by atoms with Crippen LogP contribution in [0, 0.1) is 5.92 Å². The van der Waals surface area contributed by atoms with Crippen LogP contribution in [0.5, 0.6) is 11.5 Å². The Balaban J connectivity index is 1.55. The first-order valence-electron chi connectivity index (χ1n) is 10.4. The summed E-state index contributed by atoms with van der Waals surface area (Å²) in [6.45, 7) is 6.36. The third-order valence-electron chi connectivity index (χ3n) is 4.79. The summed E-state index contributed by atoms with van der Waals surface area (Å²) in [4.78, 5) is 24.9. The Morgan fingerprint density at radius 2 is 1.58 bits per heavy atom. The van der Waals surface area contributed by atoms with E-state index in [-0.39, 0.29) is 0 Å². The molecular weight excluding hydrogens is 392 g/mol. The lowest BCUT2D eigenvalue weighted by Crippen LogP contribution is -2.47. The number of hydrogen-bond acceptors (Lipinski definition) is 4. The maximum atomic E-state index is 12.5. The van der Waals surface area contributed by atoms with Crippen LogP contribution in [0.4, 0.5) is 0 Å². The van der Waals surface area contributed by atoms with Crippen molar-refractivity contribution in [3.63, 3.8) is 0 Å². The van der Waals surface area contributed by atoms with Crippen LogP contribution >= 0.6 is 0 Å². The van der Waals surface area contributed by atoms with Gasteiger partial charge in [0.2, 0.25) is 0 Å². The van der Waals surface area contributed by atoms with Gasteiger partial charge in [-0.25, -0.2) is 0 Å². The summed E-state index contributed by atoms with van der Waals surface area (Å²) < 4.78 is 11.5. The Hall–Kier alpha value is -3.54. The van der Waals surface area contributed by atoms with Gasteiger partial charge in [-0.2, -0.15) is 0 Å². The Kier molecular flexibility index (Phi) is 7.49. The zero-order chi connectivity index (χ0) is 22.2. The van der Waals surface area contributed by atoms with Crippen LogP contribution in [0.2, 0.25) is 0 Å². The average molecular weight is 421 g/mol. The molecule has 3 rings (SSSR count). The molecule has 3 aromatic rings. The number of ether oxygens (including phenoxy) is 2. The van der Waals surface area contributed by atoms with Gasteiger partial charge in [-0.05, 0) is 54.3 Å². The van der Waals surface area contributed by atoms with Gasteiger partial charge in [0.25, 0.3) is 11.8 Å². The van der Waals surface area contributed by atoms with E-state index in [2.05, 4.69) is 24.7 Å². The predicted octanol–water partition coefficient (Wildman–Crippen LogP) is 4.49. The van der Waals surface area contributed by atoms with Crippen molar-refractivity contribution in [1.82, 2.24) is 10.9 Å². The fourth-order valence-electron chi connectivity index (χ4n) is 2.97. The molecular formula is C25H28N2O4. The standard InChI is InChI=1S/C25H28N2O4/c1-17(2)14-15-30-23-11-7-6-10-22(23)25(29)27-26-24(28)18(3)31-21-13-12-19-8-4-5-9-20(19)16-21/h4-13,16-18H,14-15H2,1-3H3,(H,26,28)(H,27,29)/t18-/m1/s1. The number of rotatable bonds is 8. The summed E-state index contributed by atoms with van der Waals surface area (Å²) in [5.74, 6) is 0.655. The molecule has 0 aromatic heterocycles. The number of carbonyl (C=O) groups excluding carboxylic acids is 2. The van der Waals surface area contributed by atoms with Crippen LogP contribution in [0.15, 0.2) is 66.7 Å². The van der Waals surface area contributed by atoms with Crippen molar-refractivity contribution in [2.45, 2.75) is 33.3 Å². The summed E-state index contributed by atoms with van der Waals surface area (Å²) >= 11 is 0. The molecule has 0 aliphatic rings. The molecule has 1 atom stereocenters. The smallest absolute Gasteiger partial charge is 0.279 e. The van der Waals surface area contributed by atoms with Crippen molar-refractivity contribution < 1.29 is 19.1 Å². The van der Waals surface area contributed by atoms with Crippen LogP contribution in [0.1, 0.15) is 37.6 Å². The van der Waals surface area contributed by atoms with Gasteiger partial charge in [0, 0.05) is 0 Å². The Bertz CT molecular complexity index is 1050. The highest BCUT2D eigenvalue weighted by atomic mass is 16.5. The lowest BCUT2D eigenvalue weighted by atomic mass is 10.1. The fraction of sp³-hybridized carbons (Fsp3) is 0.280. The maximum absolute atomic E-state index is 12.5. The van der Waals surface area contributed by atoms with Crippen molar-refractivity contribution >= 4 is 22.6 Å². The number of hydrazine groups is 1. The minimum absolute atomic E-state index is 0.356. The lowest BCUT2D eigenvalue weighted by molar-refractivity contribution is -0.128. The molecule has 31 heavy (non-hydrogen) atoms. The highest BCUT2D eigenvalue weighted by Crippen LogP contribution is 2.21. The van der Waals surface area contributed by atoms with Crippen LogP contribution in [0.3, 0.4) is 0 Å². The van der Waals surface area contributed by atoms with Crippen molar-refractivity contribution in [3.05, 3.63) is 72.3 Å². The predicted molar refractivity (Wildman–Crippen MR) is 121 cm³/mol. The lowest BCUT2D eigenvalue weighted by Gasteiger charge is -2.16. The van der Waals surface area contributed by atoms with Crippen molar-refractivity contribution in [2.75, 3.05) is 6.61 Å². The summed E-state index contributed by atoms with van der Waals surface area (Å²) in [5.41, 5.74) is 5.21. The molecule has 0 bridgehead atoms. The van der Waals surface area contributed by atoms with Crippen molar-refractivity contribution in [1.29, 1.82) is 0 Å². The van der Waals surface area contributed by atoms with Crippen molar-refractivity contribution in [3.8, 4) is 11.5 Å². The zero-order valence-corrected chi connectivity index (χ0v) is 18.1. The van der Waals surface area contributed by atoms with Gasteiger partial charge < -0.3 is 9.47 Å². The number of para-hydroxylation sites is 1. The van der Waals surface area contributed by atoms with Gasteiger partial charge in [-0.3, -0.25) is 20.4 Å². The zero-order valence-electron chi connectivity index (χ0n) is 18.1. The first-order chi connectivity index (χ1) is 14.9. The summed E-state index contributed by atoms with van der Waals surface area (Å²) in [6.07, 6.45) is 0.0926. The number of hydrogen-bond donors (Lipinski definition) is 2. The largest absolute Gasteiger partial charge is 0.493 e. The Morgan fingerprint density at radius 1 is 0.871 bits per heavy atom. The SMILES string of the molecule is CC(C)CCOc1ccccc1C(=O)NNC(=O)[C@@H](C)Oc1ccc2ccccc2c1. The summed E-state index contributed by atoms with van der Waals surface area (Å²) in [6, 6.07) is 20.5. The van der Waals surface area contributed by atoms with E-state index in [1.807, 2.05) is 42.5 Å². The van der Waals surface area contributed by atoms with E-state index in [1.54, 1.807) is 31.2 Å².